The van der Waals surface area contributed by atoms with Crippen molar-refractivity contribution in [3.05, 3.63) is 29.8 Å². The Labute approximate surface area is 103 Å². The van der Waals surface area contributed by atoms with E-state index in [1.54, 1.807) is 24.3 Å². The topological polar surface area (TPSA) is 55.1 Å². The quantitative estimate of drug-likeness (QED) is 0.413. The first kappa shape index (κ1) is 13.7. The van der Waals surface area contributed by atoms with Crippen molar-refractivity contribution in [2.75, 3.05) is 18.8 Å². The Hall–Kier alpha value is -1.35. The van der Waals surface area contributed by atoms with E-state index >= 15 is 0 Å². The maximum Gasteiger partial charge on any atom is 0.176 e. The lowest BCUT2D eigenvalue weighted by atomic mass is 10.1. The van der Waals surface area contributed by atoms with Gasteiger partial charge in [-0.1, -0.05) is 26.2 Å². The maximum absolute atomic E-state index is 11.7. The molecule has 0 atom stereocenters. The second-order valence-electron chi connectivity index (χ2n) is 4.28. The van der Waals surface area contributed by atoms with E-state index in [4.69, 9.17) is 5.73 Å². The molecule has 0 spiro atoms. The highest BCUT2D eigenvalue weighted by atomic mass is 16.1. The van der Waals surface area contributed by atoms with Crippen LogP contribution in [-0.4, -0.2) is 18.9 Å². The van der Waals surface area contributed by atoms with Crippen LogP contribution in [0.15, 0.2) is 24.3 Å². The van der Waals surface area contributed by atoms with Crippen LogP contribution >= 0.6 is 0 Å². The molecule has 0 amide bonds. The standard InChI is InChI=1S/C14H22N2O/c1-2-3-4-5-10-16-11-14(17)12-6-8-13(15)9-7-12/h6-9,16H,2-5,10-11,15H2,1H3. The molecule has 0 radical (unpaired) electrons. The highest BCUT2D eigenvalue weighted by Crippen LogP contribution is 2.05. The molecule has 3 nitrogen and oxygen atoms in total. The number of rotatable bonds is 8. The van der Waals surface area contributed by atoms with E-state index < -0.39 is 0 Å². The fourth-order valence-corrected chi connectivity index (χ4v) is 1.65. The summed E-state index contributed by atoms with van der Waals surface area (Å²) in [6, 6.07) is 7.07. The van der Waals surface area contributed by atoms with Gasteiger partial charge in [0.2, 0.25) is 0 Å². The molecule has 1 aromatic carbocycles. The average Bonchev–Trinajstić information content (AvgIpc) is 2.34. The molecule has 0 saturated carbocycles. The van der Waals surface area contributed by atoms with Crippen molar-refractivity contribution in [3.63, 3.8) is 0 Å². The number of carbonyl (C=O) groups is 1. The summed E-state index contributed by atoms with van der Waals surface area (Å²) >= 11 is 0. The van der Waals surface area contributed by atoms with Crippen molar-refractivity contribution in [1.29, 1.82) is 0 Å². The summed E-state index contributed by atoms with van der Waals surface area (Å²) in [5, 5.41) is 3.18. The van der Waals surface area contributed by atoms with Crippen LogP contribution < -0.4 is 11.1 Å². The Morgan fingerprint density at radius 2 is 1.88 bits per heavy atom. The second-order valence-corrected chi connectivity index (χ2v) is 4.28. The molecule has 1 aromatic rings. The van der Waals surface area contributed by atoms with E-state index in [9.17, 15) is 4.79 Å². The number of benzene rings is 1. The first-order valence-corrected chi connectivity index (χ1v) is 6.33. The summed E-state index contributed by atoms with van der Waals surface area (Å²) in [4.78, 5) is 11.7. The van der Waals surface area contributed by atoms with Crippen molar-refractivity contribution in [2.45, 2.75) is 32.6 Å². The van der Waals surface area contributed by atoms with Gasteiger partial charge in [-0.2, -0.15) is 0 Å². The smallest absolute Gasteiger partial charge is 0.176 e. The molecule has 0 aliphatic carbocycles. The zero-order valence-corrected chi connectivity index (χ0v) is 10.5. The van der Waals surface area contributed by atoms with E-state index in [-0.39, 0.29) is 5.78 Å². The Morgan fingerprint density at radius 1 is 1.18 bits per heavy atom. The SMILES string of the molecule is CCCCCCNCC(=O)c1ccc(N)cc1. The number of Topliss-reactive ketones (excluding diaryl/α,β-unsaturated/α-hetero) is 1. The third kappa shape index (κ3) is 5.50. The third-order valence-corrected chi connectivity index (χ3v) is 2.73. The average molecular weight is 234 g/mol. The molecule has 3 N–H and O–H groups in total. The van der Waals surface area contributed by atoms with E-state index in [1.807, 2.05) is 0 Å². The number of carbonyl (C=O) groups excluding carboxylic acids is 1. The molecule has 3 heteroatoms. The van der Waals surface area contributed by atoms with Crippen molar-refractivity contribution in [3.8, 4) is 0 Å². The number of nitrogens with two attached hydrogens (primary N) is 1. The number of hydrogen-bond acceptors (Lipinski definition) is 3. The highest BCUT2D eigenvalue weighted by molar-refractivity contribution is 5.97. The molecule has 0 unspecified atom stereocenters. The number of anilines is 1. The van der Waals surface area contributed by atoms with Gasteiger partial charge in [0.05, 0.1) is 6.54 Å². The zero-order chi connectivity index (χ0) is 12.5. The van der Waals surface area contributed by atoms with Crippen LogP contribution in [0.2, 0.25) is 0 Å². The molecule has 1 rings (SSSR count). The lowest BCUT2D eigenvalue weighted by Gasteiger charge is -2.04. The monoisotopic (exact) mass is 234 g/mol. The summed E-state index contributed by atoms with van der Waals surface area (Å²) < 4.78 is 0. The fraction of sp³-hybridized carbons (Fsp3) is 0.500. The van der Waals surface area contributed by atoms with E-state index in [1.165, 1.54) is 19.3 Å². The van der Waals surface area contributed by atoms with Gasteiger partial charge < -0.3 is 11.1 Å². The molecule has 17 heavy (non-hydrogen) atoms. The minimum atomic E-state index is 0.125. The molecule has 0 heterocycles. The van der Waals surface area contributed by atoms with Crippen molar-refractivity contribution in [1.82, 2.24) is 5.32 Å². The Morgan fingerprint density at radius 3 is 2.53 bits per heavy atom. The molecule has 0 bridgehead atoms. The van der Waals surface area contributed by atoms with E-state index in [2.05, 4.69) is 12.2 Å². The third-order valence-electron chi connectivity index (χ3n) is 2.73. The molecule has 0 aliphatic heterocycles. The number of hydrogen-bond donors (Lipinski definition) is 2. The lowest BCUT2D eigenvalue weighted by Crippen LogP contribution is -2.24. The number of ketones is 1. The summed E-state index contributed by atoms with van der Waals surface area (Å²) in [6.45, 7) is 3.52. The first-order valence-electron chi connectivity index (χ1n) is 6.33. The maximum atomic E-state index is 11.7. The summed E-state index contributed by atoms with van der Waals surface area (Å²) in [5.74, 6) is 0.125. The van der Waals surface area contributed by atoms with Crippen LogP contribution in [0.25, 0.3) is 0 Å². The molecular weight excluding hydrogens is 212 g/mol. The van der Waals surface area contributed by atoms with Gasteiger partial charge >= 0.3 is 0 Å². The van der Waals surface area contributed by atoms with Gasteiger partial charge in [0.25, 0.3) is 0 Å². The van der Waals surface area contributed by atoms with Gasteiger partial charge in [-0.15, -0.1) is 0 Å². The van der Waals surface area contributed by atoms with Crippen molar-refractivity contribution < 1.29 is 4.79 Å². The van der Waals surface area contributed by atoms with Gasteiger partial charge in [-0.25, -0.2) is 0 Å². The number of nitrogen functional groups attached to an aromatic ring is 1. The van der Waals surface area contributed by atoms with E-state index in [0.29, 0.717) is 12.2 Å². The summed E-state index contributed by atoms with van der Waals surface area (Å²) in [6.07, 6.45) is 4.89. The predicted octanol–water partition coefficient (Wildman–Crippen LogP) is 2.62. The number of nitrogens with one attached hydrogen (secondary N) is 1. The predicted molar refractivity (Wildman–Crippen MR) is 72.2 cm³/mol. The fourth-order valence-electron chi connectivity index (χ4n) is 1.65. The van der Waals surface area contributed by atoms with Gasteiger partial charge in [0.15, 0.2) is 5.78 Å². The molecule has 94 valence electrons. The van der Waals surface area contributed by atoms with Crippen LogP contribution in [-0.2, 0) is 0 Å². The van der Waals surface area contributed by atoms with Gasteiger partial charge in [-0.05, 0) is 37.2 Å². The molecule has 0 saturated heterocycles. The minimum absolute atomic E-state index is 0.125. The lowest BCUT2D eigenvalue weighted by molar-refractivity contribution is 0.0991. The van der Waals surface area contributed by atoms with Crippen LogP contribution in [0.3, 0.4) is 0 Å². The molecule has 0 aromatic heterocycles. The van der Waals surface area contributed by atoms with Gasteiger partial charge in [-0.3, -0.25) is 4.79 Å². The largest absolute Gasteiger partial charge is 0.399 e. The molecule has 0 fully saturated rings. The highest BCUT2D eigenvalue weighted by Gasteiger charge is 2.03. The van der Waals surface area contributed by atoms with Crippen molar-refractivity contribution in [2.24, 2.45) is 0 Å². The summed E-state index contributed by atoms with van der Waals surface area (Å²) in [5.41, 5.74) is 6.98. The normalized spacial score (nSPS) is 10.4. The first-order chi connectivity index (χ1) is 8.24. The van der Waals surface area contributed by atoms with Crippen LogP contribution in [0, 0.1) is 0 Å². The van der Waals surface area contributed by atoms with E-state index in [0.717, 1.165) is 18.5 Å². The van der Waals surface area contributed by atoms with Crippen LogP contribution in [0.1, 0.15) is 43.0 Å². The van der Waals surface area contributed by atoms with Crippen molar-refractivity contribution >= 4 is 11.5 Å². The Balaban J connectivity index is 2.19. The zero-order valence-electron chi connectivity index (χ0n) is 10.5. The van der Waals surface area contributed by atoms with Crippen LogP contribution in [0.4, 0.5) is 5.69 Å². The summed E-state index contributed by atoms with van der Waals surface area (Å²) in [7, 11) is 0. The molecule has 0 aliphatic rings. The van der Waals surface area contributed by atoms with Gasteiger partial charge in [0.1, 0.15) is 0 Å². The van der Waals surface area contributed by atoms with Gasteiger partial charge in [0, 0.05) is 11.3 Å². The number of unbranched alkanes of at least 4 members (excludes halogenated alkanes) is 3. The Kier molecular flexibility index (Phi) is 6.33. The molecular formula is C14H22N2O. The Bertz CT molecular complexity index is 333. The second kappa shape index (κ2) is 7.85. The minimum Gasteiger partial charge on any atom is -0.399 e. The van der Waals surface area contributed by atoms with Crippen LogP contribution in [0.5, 0.6) is 0 Å².